The highest BCUT2D eigenvalue weighted by Crippen LogP contribution is 2.20. The molecule has 0 radical (unpaired) electrons. The topological polar surface area (TPSA) is 129 Å². The average molecular weight is 541 g/mol. The molecule has 38 heavy (non-hydrogen) atoms. The van der Waals surface area contributed by atoms with Gasteiger partial charge in [0.2, 0.25) is 0 Å². The second kappa shape index (κ2) is 16.7. The van der Waals surface area contributed by atoms with Gasteiger partial charge in [0.05, 0.1) is 24.0 Å². The normalized spacial score (nSPS) is 13.9. The zero-order valence-corrected chi connectivity index (χ0v) is 24.7. The number of hydrogen-bond donors (Lipinski definition) is 2. The standard InChI is InChI=1S/C28H48N2O8/c1-19(2)35-23(31)21(13-11-17-29-25(33)37-27(5,6)7)15-16-22(24(32)36-20(3)4)14-12-18-30-26(34)38-28(8,9)10/h11-14,19-22H,15-18H2,1-10H3,(H,29,33)(H,30,34)/b13-11-,14-12-/t21-,22+. The Balaban J connectivity index is 5.31. The number of alkyl carbamates (subject to hydrolysis) is 2. The molecule has 0 fully saturated rings. The molecule has 0 rings (SSSR count). The first-order valence-corrected chi connectivity index (χ1v) is 13.1. The first kappa shape index (κ1) is 35.0. The third-order valence-corrected chi connectivity index (χ3v) is 4.36. The van der Waals surface area contributed by atoms with Crippen molar-refractivity contribution < 1.29 is 38.1 Å². The van der Waals surface area contributed by atoms with Gasteiger partial charge in [0, 0.05) is 13.1 Å². The van der Waals surface area contributed by atoms with Crippen LogP contribution in [0.4, 0.5) is 9.59 Å². The molecule has 2 amide bonds. The molecule has 0 unspecified atom stereocenters. The number of rotatable bonds is 13. The smallest absolute Gasteiger partial charge is 0.407 e. The summed E-state index contributed by atoms with van der Waals surface area (Å²) in [5, 5.41) is 5.21. The van der Waals surface area contributed by atoms with Crippen molar-refractivity contribution in [2.24, 2.45) is 11.8 Å². The summed E-state index contributed by atoms with van der Waals surface area (Å²) >= 11 is 0. The maximum Gasteiger partial charge on any atom is 0.407 e. The van der Waals surface area contributed by atoms with E-state index in [2.05, 4.69) is 10.6 Å². The van der Waals surface area contributed by atoms with Crippen LogP contribution in [0.3, 0.4) is 0 Å². The van der Waals surface area contributed by atoms with Gasteiger partial charge in [-0.15, -0.1) is 0 Å². The van der Waals surface area contributed by atoms with E-state index >= 15 is 0 Å². The molecule has 0 saturated carbocycles. The number of amides is 2. The molecule has 10 heteroatoms. The predicted molar refractivity (Wildman–Crippen MR) is 145 cm³/mol. The van der Waals surface area contributed by atoms with Crippen LogP contribution in [0, 0.1) is 11.8 Å². The van der Waals surface area contributed by atoms with Crippen LogP contribution in [-0.2, 0) is 28.5 Å². The average Bonchev–Trinajstić information content (AvgIpc) is 2.70. The van der Waals surface area contributed by atoms with Gasteiger partial charge in [0.15, 0.2) is 0 Å². The fourth-order valence-electron chi connectivity index (χ4n) is 2.96. The second-order valence-electron chi connectivity index (χ2n) is 11.4. The highest BCUT2D eigenvalue weighted by molar-refractivity contribution is 5.76. The maximum absolute atomic E-state index is 12.7. The molecule has 0 aliphatic heterocycles. The van der Waals surface area contributed by atoms with Crippen LogP contribution in [0.1, 0.15) is 82.1 Å². The lowest BCUT2D eigenvalue weighted by Gasteiger charge is -2.20. The molecule has 0 saturated heterocycles. The molecule has 218 valence electrons. The molecule has 0 aliphatic carbocycles. The Hall–Kier alpha value is -3.04. The third-order valence-electron chi connectivity index (χ3n) is 4.36. The number of carbonyl (C=O) groups is 4. The van der Waals surface area contributed by atoms with E-state index in [-0.39, 0.29) is 25.3 Å². The number of hydrogen-bond acceptors (Lipinski definition) is 8. The van der Waals surface area contributed by atoms with Crippen molar-refractivity contribution in [1.29, 1.82) is 0 Å². The molecule has 0 bridgehead atoms. The zero-order valence-electron chi connectivity index (χ0n) is 24.7. The van der Waals surface area contributed by atoms with Crippen LogP contribution in [0.15, 0.2) is 24.3 Å². The lowest BCUT2D eigenvalue weighted by molar-refractivity contribution is -0.153. The lowest BCUT2D eigenvalue weighted by Crippen LogP contribution is -2.32. The molecular formula is C28H48N2O8. The van der Waals surface area contributed by atoms with Crippen molar-refractivity contribution in [2.45, 2.75) is 105 Å². The number of carbonyl (C=O) groups excluding carboxylic acids is 4. The van der Waals surface area contributed by atoms with Crippen molar-refractivity contribution >= 4 is 24.1 Å². The van der Waals surface area contributed by atoms with Gasteiger partial charge < -0.3 is 29.6 Å². The van der Waals surface area contributed by atoms with Gasteiger partial charge in [-0.3, -0.25) is 9.59 Å². The van der Waals surface area contributed by atoms with Gasteiger partial charge in [-0.05, 0) is 82.1 Å². The summed E-state index contributed by atoms with van der Waals surface area (Å²) in [5.74, 6) is -2.14. The molecule has 0 aromatic carbocycles. The molecule has 0 aromatic heterocycles. The van der Waals surface area contributed by atoms with Crippen molar-refractivity contribution in [3.8, 4) is 0 Å². The van der Waals surface area contributed by atoms with Crippen LogP contribution in [0.5, 0.6) is 0 Å². The molecular weight excluding hydrogens is 492 g/mol. The zero-order chi connectivity index (χ0) is 29.5. The highest BCUT2D eigenvalue weighted by Gasteiger charge is 2.24. The quantitative estimate of drug-likeness (QED) is 0.188. The van der Waals surface area contributed by atoms with Gasteiger partial charge in [0.1, 0.15) is 11.2 Å². The summed E-state index contributed by atoms with van der Waals surface area (Å²) in [6.07, 6.45) is 5.47. The van der Waals surface area contributed by atoms with Gasteiger partial charge >= 0.3 is 24.1 Å². The molecule has 0 spiro atoms. The van der Waals surface area contributed by atoms with Crippen LogP contribution < -0.4 is 10.6 Å². The Morgan fingerprint density at radius 2 is 0.947 bits per heavy atom. The summed E-state index contributed by atoms with van der Waals surface area (Å²) in [7, 11) is 0. The van der Waals surface area contributed by atoms with E-state index in [1.165, 1.54) is 0 Å². The minimum Gasteiger partial charge on any atom is -0.463 e. The summed E-state index contributed by atoms with van der Waals surface area (Å²) in [6, 6.07) is 0. The van der Waals surface area contributed by atoms with Crippen molar-refractivity contribution in [3.63, 3.8) is 0 Å². The van der Waals surface area contributed by atoms with Crippen molar-refractivity contribution in [1.82, 2.24) is 10.6 Å². The number of nitrogens with one attached hydrogen (secondary N) is 2. The van der Waals surface area contributed by atoms with Crippen LogP contribution in [-0.4, -0.2) is 60.6 Å². The van der Waals surface area contributed by atoms with E-state index in [4.69, 9.17) is 18.9 Å². The van der Waals surface area contributed by atoms with E-state index in [9.17, 15) is 19.2 Å². The summed E-state index contributed by atoms with van der Waals surface area (Å²) in [4.78, 5) is 49.1. The largest absolute Gasteiger partial charge is 0.463 e. The fraction of sp³-hybridized carbons (Fsp3) is 0.714. The Labute approximate surface area is 227 Å². The van der Waals surface area contributed by atoms with Gasteiger partial charge in [-0.25, -0.2) is 9.59 Å². The predicted octanol–water partition coefficient (Wildman–Crippen LogP) is 5.06. The lowest BCUT2D eigenvalue weighted by atomic mass is 9.94. The Bertz CT molecular complexity index is 752. The number of esters is 2. The maximum atomic E-state index is 12.7. The highest BCUT2D eigenvalue weighted by atomic mass is 16.6. The Morgan fingerprint density at radius 3 is 1.21 bits per heavy atom. The van der Waals surface area contributed by atoms with Crippen LogP contribution >= 0.6 is 0 Å². The van der Waals surface area contributed by atoms with E-state index in [1.54, 1.807) is 93.5 Å². The molecule has 2 N–H and O–H groups in total. The fourth-order valence-corrected chi connectivity index (χ4v) is 2.96. The summed E-state index contributed by atoms with van der Waals surface area (Å²) in [5.41, 5.74) is -1.24. The van der Waals surface area contributed by atoms with Gasteiger partial charge in [-0.2, -0.15) is 0 Å². The molecule has 2 atom stereocenters. The van der Waals surface area contributed by atoms with E-state index < -0.39 is 47.2 Å². The minimum absolute atomic E-state index is 0.162. The molecule has 10 nitrogen and oxygen atoms in total. The van der Waals surface area contributed by atoms with E-state index in [1.807, 2.05) is 0 Å². The monoisotopic (exact) mass is 540 g/mol. The van der Waals surface area contributed by atoms with Crippen LogP contribution in [0.25, 0.3) is 0 Å². The molecule has 0 aromatic rings. The Kier molecular flexibility index (Phi) is 15.4. The van der Waals surface area contributed by atoms with Crippen LogP contribution in [0.2, 0.25) is 0 Å². The first-order chi connectivity index (χ1) is 17.4. The van der Waals surface area contributed by atoms with Gasteiger partial charge in [-0.1, -0.05) is 24.3 Å². The minimum atomic E-state index is -0.638. The van der Waals surface area contributed by atoms with Gasteiger partial charge in [0.25, 0.3) is 0 Å². The molecule has 0 aliphatic rings. The number of ether oxygens (including phenoxy) is 4. The van der Waals surface area contributed by atoms with E-state index in [0.29, 0.717) is 12.8 Å². The van der Waals surface area contributed by atoms with Crippen molar-refractivity contribution in [2.75, 3.05) is 13.1 Å². The first-order valence-electron chi connectivity index (χ1n) is 13.1. The molecule has 0 heterocycles. The second-order valence-corrected chi connectivity index (χ2v) is 11.4. The summed E-state index contributed by atoms with van der Waals surface area (Å²) < 4.78 is 21.2. The van der Waals surface area contributed by atoms with E-state index in [0.717, 1.165) is 0 Å². The summed E-state index contributed by atoms with van der Waals surface area (Å²) in [6.45, 7) is 17.9. The third kappa shape index (κ3) is 19.1. The SMILES string of the molecule is CC(C)OC(=O)[C@H](/C=C\CNC(=O)OC(C)(C)C)CC[C@H](/C=C\CNC(=O)OC(C)(C)C)C(=O)OC(C)C. The Morgan fingerprint density at radius 1 is 0.632 bits per heavy atom. The van der Waals surface area contributed by atoms with Crippen molar-refractivity contribution in [3.05, 3.63) is 24.3 Å².